The molecule has 80 valence electrons. The van der Waals surface area contributed by atoms with Gasteiger partial charge in [0.1, 0.15) is 0 Å². The average Bonchev–Trinajstić information content (AvgIpc) is 2.29. The standard InChI is InChI=1S/C14H14N2/c1-3-11-4-5-14-13(9-11)12(6-7-15)8-10(2)16-14/h4-5,8-9H,3,6H2,1-2H3. The van der Waals surface area contributed by atoms with Crippen molar-refractivity contribution in [2.24, 2.45) is 0 Å². The van der Waals surface area contributed by atoms with Crippen molar-refractivity contribution in [1.29, 1.82) is 5.26 Å². The lowest BCUT2D eigenvalue weighted by Crippen LogP contribution is -1.92. The van der Waals surface area contributed by atoms with Crippen LogP contribution in [0.2, 0.25) is 0 Å². The van der Waals surface area contributed by atoms with Gasteiger partial charge in [0.2, 0.25) is 0 Å². The number of hydrogen-bond donors (Lipinski definition) is 0. The minimum atomic E-state index is 0.451. The first-order chi connectivity index (χ1) is 7.74. The Morgan fingerprint density at radius 2 is 2.12 bits per heavy atom. The number of rotatable bonds is 2. The maximum atomic E-state index is 8.83. The molecule has 0 N–H and O–H groups in total. The van der Waals surface area contributed by atoms with Crippen molar-refractivity contribution in [2.75, 3.05) is 0 Å². The molecule has 0 aliphatic heterocycles. The molecule has 1 heterocycles. The van der Waals surface area contributed by atoms with E-state index >= 15 is 0 Å². The average molecular weight is 210 g/mol. The lowest BCUT2D eigenvalue weighted by Gasteiger charge is -2.06. The monoisotopic (exact) mass is 210 g/mol. The van der Waals surface area contributed by atoms with E-state index in [1.807, 2.05) is 19.1 Å². The van der Waals surface area contributed by atoms with E-state index < -0.39 is 0 Å². The Bertz CT molecular complexity index is 565. The molecule has 1 aromatic heterocycles. The molecule has 2 rings (SSSR count). The molecule has 0 spiro atoms. The maximum Gasteiger partial charge on any atom is 0.0708 e. The Morgan fingerprint density at radius 1 is 1.31 bits per heavy atom. The van der Waals surface area contributed by atoms with E-state index in [9.17, 15) is 0 Å². The van der Waals surface area contributed by atoms with Crippen molar-refractivity contribution >= 4 is 10.9 Å². The van der Waals surface area contributed by atoms with Crippen LogP contribution in [0.4, 0.5) is 0 Å². The highest BCUT2D eigenvalue weighted by Crippen LogP contribution is 2.20. The fraction of sp³-hybridized carbons (Fsp3) is 0.286. The zero-order valence-electron chi connectivity index (χ0n) is 9.62. The summed E-state index contributed by atoms with van der Waals surface area (Å²) in [6.45, 7) is 4.10. The summed E-state index contributed by atoms with van der Waals surface area (Å²) in [5.41, 5.74) is 4.34. The topological polar surface area (TPSA) is 36.7 Å². The van der Waals surface area contributed by atoms with E-state index in [4.69, 9.17) is 5.26 Å². The van der Waals surface area contributed by atoms with Gasteiger partial charge >= 0.3 is 0 Å². The molecule has 2 heteroatoms. The molecule has 1 aromatic carbocycles. The zero-order chi connectivity index (χ0) is 11.5. The molecule has 0 bridgehead atoms. The lowest BCUT2D eigenvalue weighted by atomic mass is 10.0. The highest BCUT2D eigenvalue weighted by Gasteiger charge is 2.04. The van der Waals surface area contributed by atoms with E-state index in [0.29, 0.717) is 6.42 Å². The van der Waals surface area contributed by atoms with Gasteiger partial charge in [0.25, 0.3) is 0 Å². The van der Waals surface area contributed by atoms with Crippen LogP contribution in [0.5, 0.6) is 0 Å². The van der Waals surface area contributed by atoms with Crippen LogP contribution in [0, 0.1) is 18.3 Å². The van der Waals surface area contributed by atoms with Gasteiger partial charge in [0, 0.05) is 11.1 Å². The molecule has 0 fully saturated rings. The highest BCUT2D eigenvalue weighted by atomic mass is 14.7. The number of fused-ring (bicyclic) bond motifs is 1. The van der Waals surface area contributed by atoms with Crippen molar-refractivity contribution < 1.29 is 0 Å². The summed E-state index contributed by atoms with van der Waals surface area (Å²) in [6, 6.07) is 10.5. The number of hydrogen-bond acceptors (Lipinski definition) is 2. The fourth-order valence-corrected chi connectivity index (χ4v) is 1.94. The minimum Gasteiger partial charge on any atom is -0.253 e. The Hall–Kier alpha value is -1.88. The molecule has 0 aliphatic carbocycles. The third kappa shape index (κ3) is 1.90. The van der Waals surface area contributed by atoms with Crippen LogP contribution >= 0.6 is 0 Å². The van der Waals surface area contributed by atoms with Crippen molar-refractivity contribution in [3.05, 3.63) is 41.1 Å². The number of pyridine rings is 1. The van der Waals surface area contributed by atoms with Crippen molar-refractivity contribution in [3.63, 3.8) is 0 Å². The molecule has 0 aliphatic rings. The lowest BCUT2D eigenvalue weighted by molar-refractivity contribution is 1.14. The van der Waals surface area contributed by atoms with E-state index in [2.05, 4.69) is 30.1 Å². The van der Waals surface area contributed by atoms with Gasteiger partial charge in [-0.15, -0.1) is 0 Å². The molecule has 0 unspecified atom stereocenters. The zero-order valence-corrected chi connectivity index (χ0v) is 9.62. The Balaban J connectivity index is 2.71. The van der Waals surface area contributed by atoms with E-state index in [-0.39, 0.29) is 0 Å². The van der Waals surface area contributed by atoms with Gasteiger partial charge in [-0.25, -0.2) is 0 Å². The SMILES string of the molecule is CCc1ccc2nc(C)cc(CC#N)c2c1. The van der Waals surface area contributed by atoms with Crippen LogP contribution < -0.4 is 0 Å². The smallest absolute Gasteiger partial charge is 0.0708 e. The van der Waals surface area contributed by atoms with E-state index in [1.54, 1.807) is 0 Å². The quantitative estimate of drug-likeness (QED) is 0.763. The number of nitrogens with zero attached hydrogens (tertiary/aromatic N) is 2. The van der Waals surface area contributed by atoms with Crippen molar-refractivity contribution in [1.82, 2.24) is 4.98 Å². The van der Waals surface area contributed by atoms with Gasteiger partial charge in [0.05, 0.1) is 18.0 Å². The predicted octanol–water partition coefficient (Wildman–Crippen LogP) is 3.17. The van der Waals surface area contributed by atoms with Crippen LogP contribution in [0.15, 0.2) is 24.3 Å². The summed E-state index contributed by atoms with van der Waals surface area (Å²) in [7, 11) is 0. The van der Waals surface area contributed by atoms with Gasteiger partial charge < -0.3 is 0 Å². The Labute approximate surface area is 95.6 Å². The second-order valence-corrected chi connectivity index (χ2v) is 3.96. The summed E-state index contributed by atoms with van der Waals surface area (Å²) >= 11 is 0. The molecule has 0 saturated carbocycles. The van der Waals surface area contributed by atoms with Crippen LogP contribution in [0.3, 0.4) is 0 Å². The molecule has 0 atom stereocenters. The molecular formula is C14H14N2. The number of nitriles is 1. The third-order valence-electron chi connectivity index (χ3n) is 2.76. The predicted molar refractivity (Wildman–Crippen MR) is 65.2 cm³/mol. The second kappa shape index (κ2) is 4.32. The van der Waals surface area contributed by atoms with E-state index in [1.165, 1.54) is 5.56 Å². The van der Waals surface area contributed by atoms with E-state index in [0.717, 1.165) is 28.6 Å². The van der Waals surface area contributed by atoms with Crippen molar-refractivity contribution in [2.45, 2.75) is 26.7 Å². The number of aryl methyl sites for hydroxylation is 2. The van der Waals surface area contributed by atoms with Gasteiger partial charge in [-0.3, -0.25) is 4.98 Å². The van der Waals surface area contributed by atoms with Crippen LogP contribution in [0.1, 0.15) is 23.7 Å². The molecule has 2 nitrogen and oxygen atoms in total. The molecule has 0 amide bonds. The first-order valence-electron chi connectivity index (χ1n) is 5.50. The summed E-state index contributed by atoms with van der Waals surface area (Å²) in [6.07, 6.45) is 1.46. The van der Waals surface area contributed by atoms with Gasteiger partial charge in [-0.05, 0) is 42.7 Å². The van der Waals surface area contributed by atoms with Crippen LogP contribution in [-0.4, -0.2) is 4.98 Å². The summed E-state index contributed by atoms with van der Waals surface area (Å²) < 4.78 is 0. The fourth-order valence-electron chi connectivity index (χ4n) is 1.94. The molecule has 16 heavy (non-hydrogen) atoms. The van der Waals surface area contributed by atoms with Crippen LogP contribution in [-0.2, 0) is 12.8 Å². The Kier molecular flexibility index (Phi) is 2.87. The first kappa shape index (κ1) is 10.6. The molecule has 0 saturated heterocycles. The number of aromatic nitrogens is 1. The molecule has 0 radical (unpaired) electrons. The maximum absolute atomic E-state index is 8.83. The summed E-state index contributed by atoms with van der Waals surface area (Å²) in [4.78, 5) is 4.48. The van der Waals surface area contributed by atoms with Gasteiger partial charge in [0.15, 0.2) is 0 Å². The van der Waals surface area contributed by atoms with Crippen molar-refractivity contribution in [3.8, 4) is 6.07 Å². The molecule has 2 aromatic rings. The normalized spacial score (nSPS) is 10.3. The first-order valence-corrected chi connectivity index (χ1v) is 5.50. The highest BCUT2D eigenvalue weighted by molar-refractivity contribution is 5.83. The van der Waals surface area contributed by atoms with Gasteiger partial charge in [-0.1, -0.05) is 13.0 Å². The second-order valence-electron chi connectivity index (χ2n) is 3.96. The Morgan fingerprint density at radius 3 is 2.81 bits per heavy atom. The third-order valence-corrected chi connectivity index (χ3v) is 2.76. The molecular weight excluding hydrogens is 196 g/mol. The van der Waals surface area contributed by atoms with Crippen LogP contribution in [0.25, 0.3) is 10.9 Å². The largest absolute Gasteiger partial charge is 0.253 e. The number of benzene rings is 1. The summed E-state index contributed by atoms with van der Waals surface area (Å²) in [5, 5.41) is 9.94. The van der Waals surface area contributed by atoms with Gasteiger partial charge in [-0.2, -0.15) is 5.26 Å². The minimum absolute atomic E-state index is 0.451. The summed E-state index contributed by atoms with van der Waals surface area (Å²) in [5.74, 6) is 0.